The molecule has 14 heavy (non-hydrogen) atoms. The van der Waals surface area contributed by atoms with Crippen LogP contribution in [0.1, 0.15) is 43.7 Å². The van der Waals surface area contributed by atoms with E-state index in [9.17, 15) is 10.0 Å². The summed E-state index contributed by atoms with van der Waals surface area (Å²) in [4.78, 5) is 11.2. The Labute approximate surface area is 83.0 Å². The van der Waals surface area contributed by atoms with E-state index < -0.39 is 0 Å². The van der Waals surface area contributed by atoms with Crippen LogP contribution < -0.4 is 5.56 Å². The van der Waals surface area contributed by atoms with E-state index in [0.717, 1.165) is 23.3 Å². The molecule has 1 aliphatic rings. The lowest BCUT2D eigenvalue weighted by Gasteiger charge is -2.22. The van der Waals surface area contributed by atoms with E-state index in [1.165, 1.54) is 25.3 Å². The van der Waals surface area contributed by atoms with Crippen LogP contribution in [-0.4, -0.2) is 9.94 Å². The third-order valence-corrected chi connectivity index (χ3v) is 2.98. The summed E-state index contributed by atoms with van der Waals surface area (Å²) in [7, 11) is 0. The van der Waals surface area contributed by atoms with Crippen molar-refractivity contribution in [1.29, 1.82) is 0 Å². The van der Waals surface area contributed by atoms with Gasteiger partial charge in [-0.15, -0.1) is 0 Å². The zero-order chi connectivity index (χ0) is 9.97. The van der Waals surface area contributed by atoms with Crippen molar-refractivity contribution in [3.8, 4) is 0 Å². The molecule has 1 fully saturated rings. The zero-order valence-corrected chi connectivity index (χ0v) is 8.15. The highest BCUT2D eigenvalue weighted by Crippen LogP contribution is 2.31. The summed E-state index contributed by atoms with van der Waals surface area (Å²) in [6.45, 7) is 0. The molecule has 1 heterocycles. The van der Waals surface area contributed by atoms with E-state index in [4.69, 9.17) is 0 Å². The molecule has 1 aromatic heterocycles. The molecule has 3 heteroatoms. The largest absolute Gasteiger partial charge is 0.425 e. The van der Waals surface area contributed by atoms with Crippen LogP contribution in [0.2, 0.25) is 0 Å². The third-order valence-electron chi connectivity index (χ3n) is 2.98. The first-order valence-corrected chi connectivity index (χ1v) is 5.20. The van der Waals surface area contributed by atoms with E-state index in [0.29, 0.717) is 5.92 Å². The van der Waals surface area contributed by atoms with E-state index >= 15 is 0 Å². The van der Waals surface area contributed by atoms with Gasteiger partial charge in [-0.1, -0.05) is 25.3 Å². The summed E-state index contributed by atoms with van der Waals surface area (Å²) in [6, 6.07) is 4.95. The minimum Gasteiger partial charge on any atom is -0.425 e. The van der Waals surface area contributed by atoms with Crippen LogP contribution in [-0.2, 0) is 0 Å². The monoisotopic (exact) mass is 193 g/mol. The van der Waals surface area contributed by atoms with Crippen molar-refractivity contribution in [2.24, 2.45) is 0 Å². The lowest BCUT2D eigenvalue weighted by molar-refractivity contribution is 0.157. The Morgan fingerprint density at radius 1 is 1.21 bits per heavy atom. The summed E-state index contributed by atoms with van der Waals surface area (Å²) in [5, 5.41) is 9.55. The smallest absolute Gasteiger partial charge is 0.283 e. The van der Waals surface area contributed by atoms with Crippen LogP contribution in [0, 0.1) is 0 Å². The molecule has 1 saturated carbocycles. The molecule has 0 unspecified atom stereocenters. The quantitative estimate of drug-likeness (QED) is 0.694. The predicted molar refractivity (Wildman–Crippen MR) is 53.7 cm³/mol. The molecular formula is C11H15NO2. The van der Waals surface area contributed by atoms with Gasteiger partial charge in [-0.05, 0) is 18.9 Å². The summed E-state index contributed by atoms with van der Waals surface area (Å²) < 4.78 is 0.802. The van der Waals surface area contributed by atoms with Crippen molar-refractivity contribution in [3.05, 3.63) is 34.2 Å². The van der Waals surface area contributed by atoms with E-state index in [-0.39, 0.29) is 5.56 Å². The number of aromatic nitrogens is 1. The Bertz CT molecular complexity index is 364. The van der Waals surface area contributed by atoms with Crippen LogP contribution in [0.15, 0.2) is 23.0 Å². The van der Waals surface area contributed by atoms with E-state index in [2.05, 4.69) is 0 Å². The maximum absolute atomic E-state index is 11.2. The summed E-state index contributed by atoms with van der Waals surface area (Å²) in [6.07, 6.45) is 5.86. The Balaban J connectivity index is 2.30. The molecule has 0 atom stereocenters. The third kappa shape index (κ3) is 1.67. The maximum atomic E-state index is 11.2. The second-order valence-corrected chi connectivity index (χ2v) is 3.94. The lowest BCUT2D eigenvalue weighted by atomic mass is 9.87. The highest BCUT2D eigenvalue weighted by atomic mass is 16.5. The van der Waals surface area contributed by atoms with Gasteiger partial charge in [0.15, 0.2) is 0 Å². The molecule has 3 nitrogen and oxygen atoms in total. The van der Waals surface area contributed by atoms with Crippen molar-refractivity contribution in [2.45, 2.75) is 38.0 Å². The summed E-state index contributed by atoms with van der Waals surface area (Å²) in [5.41, 5.74) is 0.449. The average molecular weight is 193 g/mol. The number of hydrogen-bond acceptors (Lipinski definition) is 2. The van der Waals surface area contributed by atoms with Gasteiger partial charge in [0.1, 0.15) is 0 Å². The van der Waals surface area contributed by atoms with Gasteiger partial charge in [0.2, 0.25) is 0 Å². The molecule has 0 bridgehead atoms. The van der Waals surface area contributed by atoms with E-state index in [1.54, 1.807) is 6.07 Å². The molecule has 0 spiro atoms. The number of pyridine rings is 1. The van der Waals surface area contributed by atoms with Crippen molar-refractivity contribution < 1.29 is 5.21 Å². The maximum Gasteiger partial charge on any atom is 0.283 e. The number of rotatable bonds is 1. The van der Waals surface area contributed by atoms with Crippen LogP contribution in [0.25, 0.3) is 0 Å². The molecule has 0 aromatic carbocycles. The lowest BCUT2D eigenvalue weighted by Crippen LogP contribution is -2.22. The van der Waals surface area contributed by atoms with Gasteiger partial charge in [0.05, 0.1) is 5.69 Å². The first-order chi connectivity index (χ1) is 6.79. The zero-order valence-electron chi connectivity index (χ0n) is 8.15. The highest BCUT2D eigenvalue weighted by Gasteiger charge is 2.18. The van der Waals surface area contributed by atoms with Crippen LogP contribution in [0.3, 0.4) is 0 Å². The molecule has 0 saturated heterocycles. The average Bonchev–Trinajstić information content (AvgIpc) is 2.23. The SMILES string of the molecule is O=c1cccc(C2CCCCC2)n1O. The summed E-state index contributed by atoms with van der Waals surface area (Å²) >= 11 is 0. The van der Waals surface area contributed by atoms with E-state index in [1.807, 2.05) is 6.07 Å². The van der Waals surface area contributed by atoms with Gasteiger partial charge >= 0.3 is 0 Å². The molecule has 1 aromatic rings. The molecule has 0 radical (unpaired) electrons. The van der Waals surface area contributed by atoms with Gasteiger partial charge in [-0.25, -0.2) is 0 Å². The fraction of sp³-hybridized carbons (Fsp3) is 0.545. The summed E-state index contributed by atoms with van der Waals surface area (Å²) in [5.74, 6) is 0.364. The topological polar surface area (TPSA) is 42.2 Å². The first kappa shape index (κ1) is 9.31. The van der Waals surface area contributed by atoms with Gasteiger partial charge in [-0.3, -0.25) is 4.79 Å². The fourth-order valence-corrected chi connectivity index (χ4v) is 2.20. The molecular weight excluding hydrogens is 178 g/mol. The Morgan fingerprint density at radius 2 is 1.93 bits per heavy atom. The van der Waals surface area contributed by atoms with Crippen LogP contribution in [0.5, 0.6) is 0 Å². The normalized spacial score (nSPS) is 18.3. The Hall–Kier alpha value is -1.25. The standard InChI is InChI=1S/C11H15NO2/c13-11-8-4-7-10(12(11)14)9-5-2-1-3-6-9/h4,7-9,14H,1-3,5-6H2. The molecule has 1 N–H and O–H groups in total. The molecule has 2 rings (SSSR count). The first-order valence-electron chi connectivity index (χ1n) is 5.20. The molecule has 0 amide bonds. The highest BCUT2D eigenvalue weighted by molar-refractivity contribution is 5.11. The second-order valence-electron chi connectivity index (χ2n) is 3.94. The minimum absolute atomic E-state index is 0.326. The van der Waals surface area contributed by atoms with Gasteiger partial charge < -0.3 is 5.21 Å². The molecule has 76 valence electrons. The fourth-order valence-electron chi connectivity index (χ4n) is 2.20. The molecule has 0 aliphatic heterocycles. The minimum atomic E-state index is -0.326. The Kier molecular flexibility index (Phi) is 2.57. The predicted octanol–water partition coefficient (Wildman–Crippen LogP) is 2.13. The van der Waals surface area contributed by atoms with Gasteiger partial charge in [0, 0.05) is 12.0 Å². The molecule has 1 aliphatic carbocycles. The van der Waals surface area contributed by atoms with Crippen LogP contribution >= 0.6 is 0 Å². The van der Waals surface area contributed by atoms with Crippen molar-refractivity contribution >= 4 is 0 Å². The van der Waals surface area contributed by atoms with Gasteiger partial charge in [-0.2, -0.15) is 4.73 Å². The van der Waals surface area contributed by atoms with Gasteiger partial charge in [0.25, 0.3) is 5.56 Å². The van der Waals surface area contributed by atoms with Crippen molar-refractivity contribution in [3.63, 3.8) is 0 Å². The van der Waals surface area contributed by atoms with Crippen LogP contribution in [0.4, 0.5) is 0 Å². The number of hydrogen-bond donors (Lipinski definition) is 1. The number of nitrogens with zero attached hydrogens (tertiary/aromatic N) is 1. The van der Waals surface area contributed by atoms with Crippen molar-refractivity contribution in [1.82, 2.24) is 4.73 Å². The Morgan fingerprint density at radius 3 is 2.64 bits per heavy atom. The second kappa shape index (κ2) is 3.86. The van der Waals surface area contributed by atoms with Crippen molar-refractivity contribution in [2.75, 3.05) is 0 Å².